The Balaban J connectivity index is 1.70. The van der Waals surface area contributed by atoms with Gasteiger partial charge in [-0.05, 0) is 29.3 Å². The number of aromatic nitrogens is 2. The minimum atomic E-state index is -0.517. The lowest BCUT2D eigenvalue weighted by Crippen LogP contribution is -2.33. The van der Waals surface area contributed by atoms with E-state index >= 15 is 0 Å². The number of nitrogens with one attached hydrogen (secondary N) is 1. The first kappa shape index (κ1) is 23.4. The number of terminal acetylenes is 1. The van der Waals surface area contributed by atoms with Crippen LogP contribution in [0.25, 0.3) is 0 Å². The molecule has 0 aliphatic carbocycles. The molecule has 0 bridgehead atoms. The van der Waals surface area contributed by atoms with Gasteiger partial charge in [-0.2, -0.15) is 4.98 Å². The Bertz CT molecular complexity index is 1350. The highest BCUT2D eigenvalue weighted by molar-refractivity contribution is 7.98. The van der Waals surface area contributed by atoms with Crippen molar-refractivity contribution in [1.82, 2.24) is 9.55 Å². The van der Waals surface area contributed by atoms with Gasteiger partial charge in [-0.25, -0.2) is 4.39 Å². The van der Waals surface area contributed by atoms with Gasteiger partial charge in [0.15, 0.2) is 16.7 Å². The molecule has 2 heterocycles. The van der Waals surface area contributed by atoms with Crippen molar-refractivity contribution < 1.29 is 18.7 Å². The molecule has 0 spiro atoms. The quantitative estimate of drug-likeness (QED) is 0.316. The number of thioether (sulfide) groups is 1. The van der Waals surface area contributed by atoms with Crippen molar-refractivity contribution >= 4 is 23.5 Å². The number of nitrogens with zero attached hydrogens (tertiary/aromatic N) is 2. The number of amides is 1. The van der Waals surface area contributed by atoms with Crippen molar-refractivity contribution in [2.24, 2.45) is 7.05 Å². The fourth-order valence-corrected chi connectivity index (χ4v) is 4.80. The van der Waals surface area contributed by atoms with E-state index in [9.17, 15) is 14.0 Å². The second-order valence-electron chi connectivity index (χ2n) is 7.61. The second-order valence-corrected chi connectivity index (χ2v) is 8.55. The number of anilines is 1. The van der Waals surface area contributed by atoms with Crippen molar-refractivity contribution in [3.8, 4) is 23.8 Å². The van der Waals surface area contributed by atoms with E-state index in [1.54, 1.807) is 48.0 Å². The Hall–Kier alpha value is -3.77. The average Bonchev–Trinajstić information content (AvgIpc) is 2.84. The van der Waals surface area contributed by atoms with Crippen molar-refractivity contribution in [2.45, 2.75) is 23.2 Å². The molecule has 3 aromatic rings. The van der Waals surface area contributed by atoms with Crippen LogP contribution < -0.4 is 20.3 Å². The number of benzene rings is 2. The SMILES string of the molecule is C#CCOc1ccc([C@H]2CC(=O)Nc3c2c(=O)nc(SCc2ccccc2F)n3C)cc1OC. The molecule has 0 unspecified atom stereocenters. The Labute approximate surface area is 200 Å². The number of methoxy groups -OCH3 is 1. The predicted octanol–water partition coefficient (Wildman–Crippen LogP) is 3.71. The minimum Gasteiger partial charge on any atom is -0.493 e. The monoisotopic (exact) mass is 479 g/mol. The van der Waals surface area contributed by atoms with Crippen LogP contribution in [0.15, 0.2) is 52.4 Å². The van der Waals surface area contributed by atoms with Crippen LogP contribution in [0.2, 0.25) is 0 Å². The molecule has 1 aliphatic heterocycles. The van der Waals surface area contributed by atoms with Gasteiger partial charge in [-0.3, -0.25) is 9.59 Å². The van der Waals surface area contributed by atoms with Crippen molar-refractivity contribution in [1.29, 1.82) is 0 Å². The molecule has 2 aromatic carbocycles. The van der Waals surface area contributed by atoms with Crippen LogP contribution in [-0.4, -0.2) is 29.2 Å². The van der Waals surface area contributed by atoms with Gasteiger partial charge in [0.1, 0.15) is 18.2 Å². The van der Waals surface area contributed by atoms with E-state index in [2.05, 4.69) is 16.2 Å². The van der Waals surface area contributed by atoms with Crippen LogP contribution in [0, 0.1) is 18.2 Å². The Morgan fingerprint density at radius 3 is 2.79 bits per heavy atom. The smallest absolute Gasteiger partial charge is 0.279 e. The Kier molecular flexibility index (Phi) is 6.89. The minimum absolute atomic E-state index is 0.0827. The highest BCUT2D eigenvalue weighted by Gasteiger charge is 2.32. The van der Waals surface area contributed by atoms with Crippen molar-refractivity contribution in [2.75, 3.05) is 19.0 Å². The third-order valence-corrected chi connectivity index (χ3v) is 6.60. The zero-order valence-corrected chi connectivity index (χ0v) is 19.4. The zero-order chi connectivity index (χ0) is 24.2. The maximum absolute atomic E-state index is 14.0. The topological polar surface area (TPSA) is 82.5 Å². The number of ether oxygens (including phenoxy) is 2. The molecule has 0 saturated heterocycles. The van der Waals surface area contributed by atoms with E-state index in [4.69, 9.17) is 15.9 Å². The highest BCUT2D eigenvalue weighted by atomic mass is 32.2. The third kappa shape index (κ3) is 4.63. The van der Waals surface area contributed by atoms with Crippen molar-refractivity contribution in [3.63, 3.8) is 0 Å². The molecule has 9 heteroatoms. The van der Waals surface area contributed by atoms with E-state index in [1.165, 1.54) is 24.9 Å². The van der Waals surface area contributed by atoms with Crippen LogP contribution in [-0.2, 0) is 17.6 Å². The summed E-state index contributed by atoms with van der Waals surface area (Å²) in [5.41, 5.74) is 1.16. The fourth-order valence-electron chi connectivity index (χ4n) is 3.85. The lowest BCUT2D eigenvalue weighted by Gasteiger charge is -2.28. The van der Waals surface area contributed by atoms with Crippen molar-refractivity contribution in [3.05, 3.63) is 75.3 Å². The summed E-state index contributed by atoms with van der Waals surface area (Å²) in [4.78, 5) is 30.0. The molecule has 1 atom stereocenters. The standard InChI is InChI=1S/C25H22FN3O4S/c1-4-11-33-19-10-9-15(12-20(19)32-3)17-13-21(30)27-23-22(17)24(31)28-25(29(23)2)34-14-16-7-5-6-8-18(16)26/h1,5-10,12,17H,11,13-14H2,2-3H3,(H,27,30)/t17-/m1/s1. The van der Waals surface area contributed by atoms with Gasteiger partial charge >= 0.3 is 0 Å². The van der Waals surface area contributed by atoms with E-state index in [0.29, 0.717) is 44.9 Å². The van der Waals surface area contributed by atoms with Gasteiger partial charge in [0.25, 0.3) is 5.56 Å². The molecular weight excluding hydrogens is 457 g/mol. The first-order valence-corrected chi connectivity index (χ1v) is 11.4. The molecular formula is C25H22FN3O4S. The second kappa shape index (κ2) is 10.0. The molecule has 7 nitrogen and oxygen atoms in total. The summed E-state index contributed by atoms with van der Waals surface area (Å²) in [6.45, 7) is 0.0855. The normalized spacial score (nSPS) is 14.6. The number of hydrogen-bond acceptors (Lipinski definition) is 6. The molecule has 1 N–H and O–H groups in total. The molecule has 174 valence electrons. The maximum Gasteiger partial charge on any atom is 0.279 e. The van der Waals surface area contributed by atoms with Gasteiger partial charge in [-0.15, -0.1) is 6.42 Å². The summed E-state index contributed by atoms with van der Waals surface area (Å²) >= 11 is 1.22. The lowest BCUT2D eigenvalue weighted by atomic mass is 9.86. The van der Waals surface area contributed by atoms with Crippen LogP contribution >= 0.6 is 11.8 Å². The predicted molar refractivity (Wildman–Crippen MR) is 128 cm³/mol. The largest absolute Gasteiger partial charge is 0.493 e. The molecule has 0 radical (unpaired) electrons. The van der Waals surface area contributed by atoms with Gasteiger partial charge in [0, 0.05) is 25.1 Å². The zero-order valence-electron chi connectivity index (χ0n) is 18.6. The van der Waals surface area contributed by atoms with Gasteiger partial charge in [0.05, 0.1) is 12.7 Å². The number of rotatable bonds is 7. The van der Waals surface area contributed by atoms with E-state index in [0.717, 1.165) is 0 Å². The molecule has 0 fully saturated rings. The highest BCUT2D eigenvalue weighted by Crippen LogP contribution is 2.39. The Morgan fingerprint density at radius 1 is 1.26 bits per heavy atom. The number of carbonyl (C=O) groups is 1. The van der Waals surface area contributed by atoms with Crippen LogP contribution in [0.3, 0.4) is 0 Å². The molecule has 0 saturated carbocycles. The third-order valence-electron chi connectivity index (χ3n) is 5.52. The van der Waals surface area contributed by atoms with Crippen LogP contribution in [0.4, 0.5) is 10.2 Å². The maximum atomic E-state index is 14.0. The summed E-state index contributed by atoms with van der Waals surface area (Å²) < 4.78 is 26.6. The van der Waals surface area contributed by atoms with Gasteiger partial charge in [0.2, 0.25) is 5.91 Å². The van der Waals surface area contributed by atoms with Crippen LogP contribution in [0.1, 0.15) is 29.0 Å². The number of hydrogen-bond donors (Lipinski definition) is 1. The summed E-state index contributed by atoms with van der Waals surface area (Å²) in [5.74, 6) is 2.92. The molecule has 34 heavy (non-hydrogen) atoms. The van der Waals surface area contributed by atoms with Crippen LogP contribution in [0.5, 0.6) is 11.5 Å². The van der Waals surface area contributed by atoms with E-state index in [1.807, 2.05) is 0 Å². The number of carbonyl (C=O) groups excluding carboxylic acids is 1. The van der Waals surface area contributed by atoms with Gasteiger partial charge in [-0.1, -0.05) is 41.9 Å². The molecule has 4 rings (SSSR count). The Morgan fingerprint density at radius 2 is 2.06 bits per heavy atom. The lowest BCUT2D eigenvalue weighted by molar-refractivity contribution is -0.116. The number of halogens is 1. The fraction of sp³-hybridized carbons (Fsp3) is 0.240. The summed E-state index contributed by atoms with van der Waals surface area (Å²) in [6.07, 6.45) is 5.35. The average molecular weight is 480 g/mol. The summed E-state index contributed by atoms with van der Waals surface area (Å²) in [7, 11) is 3.22. The summed E-state index contributed by atoms with van der Waals surface area (Å²) in [5, 5.41) is 3.18. The summed E-state index contributed by atoms with van der Waals surface area (Å²) in [6, 6.07) is 11.7. The first-order valence-electron chi connectivity index (χ1n) is 10.4. The van der Waals surface area contributed by atoms with E-state index < -0.39 is 11.5 Å². The number of fused-ring (bicyclic) bond motifs is 1. The molecule has 1 amide bonds. The molecule has 1 aliphatic rings. The van der Waals surface area contributed by atoms with E-state index in [-0.39, 0.29) is 24.8 Å². The van der Waals surface area contributed by atoms with Gasteiger partial charge < -0.3 is 19.4 Å². The first-order chi connectivity index (χ1) is 16.4. The molecule has 1 aromatic heterocycles.